The maximum atomic E-state index is 12.0. The van der Waals surface area contributed by atoms with Crippen LogP contribution in [0.2, 0.25) is 0 Å². The molecular weight excluding hydrogens is 245 g/mol. The van der Waals surface area contributed by atoms with Crippen LogP contribution in [0.5, 0.6) is 0 Å². The lowest BCUT2D eigenvalue weighted by Gasteiger charge is -2.19. The number of hydrogen-bond donors (Lipinski definition) is 0. The Morgan fingerprint density at radius 3 is 2.00 bits per heavy atom. The molecule has 0 aromatic carbocycles. The largest absolute Gasteiger partial charge is 0.415 e. The van der Waals surface area contributed by atoms with E-state index in [0.29, 0.717) is 10.4 Å². The highest BCUT2D eigenvalue weighted by molar-refractivity contribution is 7.86. The number of hydrogen-bond acceptors (Lipinski definition) is 2. The van der Waals surface area contributed by atoms with Gasteiger partial charge in [-0.15, -0.1) is 0 Å². The molecule has 0 heterocycles. The van der Waals surface area contributed by atoms with Crippen LogP contribution in [-0.2, 0) is 10.2 Å². The van der Waals surface area contributed by atoms with Crippen LogP contribution >= 0.6 is 0 Å². The van der Waals surface area contributed by atoms with Gasteiger partial charge in [-0.3, -0.25) is 4.31 Å². The van der Waals surface area contributed by atoms with Crippen molar-refractivity contribution in [2.24, 2.45) is 0 Å². The molecule has 0 saturated carbocycles. The Bertz CT molecular complexity index is 385. The predicted molar refractivity (Wildman–Crippen MR) is 54.7 cm³/mol. The van der Waals surface area contributed by atoms with E-state index in [4.69, 9.17) is 0 Å². The van der Waals surface area contributed by atoms with Gasteiger partial charge >= 0.3 is 16.4 Å². The van der Waals surface area contributed by atoms with Gasteiger partial charge in [-0.1, -0.05) is 6.58 Å². The van der Waals surface area contributed by atoms with Crippen molar-refractivity contribution in [1.82, 2.24) is 8.61 Å². The molecule has 0 aromatic rings. The van der Waals surface area contributed by atoms with Crippen LogP contribution < -0.4 is 0 Å². The summed E-state index contributed by atoms with van der Waals surface area (Å²) in [5.41, 5.74) is -1.12. The van der Waals surface area contributed by atoms with Crippen LogP contribution in [0, 0.1) is 0 Å². The van der Waals surface area contributed by atoms with E-state index in [1.807, 2.05) is 0 Å². The van der Waals surface area contributed by atoms with Crippen LogP contribution in [0.25, 0.3) is 0 Å². The van der Waals surface area contributed by atoms with Crippen molar-refractivity contribution in [2.75, 3.05) is 21.1 Å². The zero-order chi connectivity index (χ0) is 13.1. The minimum absolute atomic E-state index is 0.598. The third-order valence-corrected chi connectivity index (χ3v) is 3.45. The van der Waals surface area contributed by atoms with Gasteiger partial charge in [0.1, 0.15) is 0 Å². The first-order valence-corrected chi connectivity index (χ1v) is 5.49. The third kappa shape index (κ3) is 3.86. The van der Waals surface area contributed by atoms with Crippen molar-refractivity contribution in [1.29, 1.82) is 0 Å². The van der Waals surface area contributed by atoms with Crippen molar-refractivity contribution < 1.29 is 21.6 Å². The molecule has 0 aliphatic heterocycles. The number of halogens is 3. The lowest BCUT2D eigenvalue weighted by Crippen LogP contribution is -2.34. The molecule has 0 atom stereocenters. The second kappa shape index (κ2) is 4.88. The average molecular weight is 258 g/mol. The monoisotopic (exact) mass is 258 g/mol. The number of nitrogens with zero attached hydrogens (tertiary/aromatic N) is 2. The molecule has 0 spiro atoms. The van der Waals surface area contributed by atoms with Crippen molar-refractivity contribution >= 4 is 10.2 Å². The lowest BCUT2D eigenvalue weighted by atomic mass is 10.3. The molecule has 0 amide bonds. The van der Waals surface area contributed by atoms with Gasteiger partial charge < -0.3 is 0 Å². The summed E-state index contributed by atoms with van der Waals surface area (Å²) in [7, 11) is -0.0602. The molecule has 0 saturated heterocycles. The van der Waals surface area contributed by atoms with Crippen LogP contribution in [0.1, 0.15) is 0 Å². The highest BCUT2D eigenvalue weighted by atomic mass is 32.2. The van der Waals surface area contributed by atoms with E-state index in [0.717, 1.165) is 17.6 Å². The minimum atomic E-state index is -4.56. The molecule has 0 aliphatic carbocycles. The van der Waals surface area contributed by atoms with E-state index in [1.54, 1.807) is 0 Å². The van der Waals surface area contributed by atoms with Gasteiger partial charge in [0.15, 0.2) is 0 Å². The smallest absolute Gasteiger partial charge is 0.268 e. The van der Waals surface area contributed by atoms with E-state index in [9.17, 15) is 21.6 Å². The molecule has 0 aliphatic rings. The molecular formula is C8H13F3N2O2S. The normalized spacial score (nSPS) is 13.4. The fourth-order valence-corrected chi connectivity index (χ4v) is 1.35. The van der Waals surface area contributed by atoms with Crippen molar-refractivity contribution in [3.63, 3.8) is 0 Å². The van der Waals surface area contributed by atoms with Crippen molar-refractivity contribution in [2.45, 2.75) is 6.18 Å². The van der Waals surface area contributed by atoms with Gasteiger partial charge in [0, 0.05) is 32.9 Å². The Kier molecular flexibility index (Phi) is 4.56. The van der Waals surface area contributed by atoms with Crippen molar-refractivity contribution in [3.8, 4) is 0 Å². The molecule has 16 heavy (non-hydrogen) atoms. The molecule has 0 fully saturated rings. The Morgan fingerprint density at radius 2 is 1.69 bits per heavy atom. The Hall–Kier alpha value is -1.02. The second-order valence-corrected chi connectivity index (χ2v) is 5.35. The molecule has 0 unspecified atom stereocenters. The summed E-state index contributed by atoms with van der Waals surface area (Å²) in [6.45, 7) is 2.78. The maximum Gasteiger partial charge on any atom is 0.415 e. The zero-order valence-corrected chi connectivity index (χ0v) is 9.93. The van der Waals surface area contributed by atoms with Crippen LogP contribution in [-0.4, -0.2) is 44.3 Å². The standard InChI is InChI=1S/C8H13F3N2O2S/c1-7(8(9,10)11)5-6-13(4)16(14,15)12(2)3/h5-6H,1H2,2-4H3/b6-5-. The Labute approximate surface area is 92.8 Å². The summed E-state index contributed by atoms with van der Waals surface area (Å²) >= 11 is 0. The van der Waals surface area contributed by atoms with Gasteiger partial charge in [-0.2, -0.15) is 25.9 Å². The summed E-state index contributed by atoms with van der Waals surface area (Å²) in [5, 5.41) is 0. The molecule has 0 N–H and O–H groups in total. The fraction of sp³-hybridized carbons (Fsp3) is 0.500. The predicted octanol–water partition coefficient (Wildman–Crippen LogP) is 1.36. The first-order chi connectivity index (χ1) is 6.99. The van der Waals surface area contributed by atoms with Crippen LogP contribution in [0.4, 0.5) is 13.2 Å². The molecule has 0 bridgehead atoms. The van der Waals surface area contributed by atoms with Crippen LogP contribution in [0.3, 0.4) is 0 Å². The Morgan fingerprint density at radius 1 is 1.25 bits per heavy atom. The number of alkyl halides is 3. The summed E-state index contributed by atoms with van der Waals surface area (Å²) in [6.07, 6.45) is -3.16. The number of rotatable bonds is 4. The quantitative estimate of drug-likeness (QED) is 0.714. The minimum Gasteiger partial charge on any atom is -0.268 e. The third-order valence-electron chi connectivity index (χ3n) is 1.68. The first-order valence-electron chi connectivity index (χ1n) is 4.09. The average Bonchev–Trinajstić information content (AvgIpc) is 2.11. The fourth-order valence-electron chi connectivity index (χ4n) is 0.624. The lowest BCUT2D eigenvalue weighted by molar-refractivity contribution is -0.0878. The SMILES string of the molecule is C=C(/C=C\N(C)S(=O)(=O)N(C)C)C(F)(F)F. The van der Waals surface area contributed by atoms with E-state index < -0.39 is 22.0 Å². The Balaban J connectivity index is 4.78. The highest BCUT2D eigenvalue weighted by Gasteiger charge is 2.30. The first kappa shape index (κ1) is 15.0. The molecule has 94 valence electrons. The highest BCUT2D eigenvalue weighted by Crippen LogP contribution is 2.24. The molecule has 0 radical (unpaired) electrons. The van der Waals surface area contributed by atoms with Gasteiger partial charge in [0.25, 0.3) is 0 Å². The van der Waals surface area contributed by atoms with Gasteiger partial charge in [-0.25, -0.2) is 0 Å². The number of allylic oxidation sites excluding steroid dienone is 2. The van der Waals surface area contributed by atoms with Crippen molar-refractivity contribution in [3.05, 3.63) is 24.4 Å². The summed E-state index contributed by atoms with van der Waals surface area (Å²) in [4.78, 5) is 0. The van der Waals surface area contributed by atoms with E-state index in [-0.39, 0.29) is 0 Å². The summed E-state index contributed by atoms with van der Waals surface area (Å²) in [5.74, 6) is 0. The van der Waals surface area contributed by atoms with E-state index >= 15 is 0 Å². The van der Waals surface area contributed by atoms with Gasteiger partial charge in [0.2, 0.25) is 0 Å². The molecule has 8 heteroatoms. The molecule has 0 aromatic heterocycles. The topological polar surface area (TPSA) is 40.6 Å². The van der Waals surface area contributed by atoms with Crippen LogP contribution in [0.15, 0.2) is 24.4 Å². The molecule has 4 nitrogen and oxygen atoms in total. The van der Waals surface area contributed by atoms with Gasteiger partial charge in [-0.05, 0) is 6.08 Å². The second-order valence-electron chi connectivity index (χ2n) is 3.15. The maximum absolute atomic E-state index is 12.0. The zero-order valence-electron chi connectivity index (χ0n) is 9.11. The van der Waals surface area contributed by atoms with E-state index in [1.165, 1.54) is 14.1 Å². The summed E-state index contributed by atoms with van der Waals surface area (Å²) < 4.78 is 60.4. The van der Waals surface area contributed by atoms with Gasteiger partial charge in [0.05, 0.1) is 0 Å². The van der Waals surface area contributed by atoms with E-state index in [2.05, 4.69) is 6.58 Å². The summed E-state index contributed by atoms with van der Waals surface area (Å²) in [6, 6.07) is 0. The molecule has 0 rings (SSSR count).